The molecule has 0 bridgehead atoms. The van der Waals surface area contributed by atoms with Crippen LogP contribution in [0.2, 0.25) is 0 Å². The van der Waals surface area contributed by atoms with Crippen molar-refractivity contribution in [2.45, 2.75) is 19.5 Å². The van der Waals surface area contributed by atoms with Gasteiger partial charge in [-0.2, -0.15) is 0 Å². The molecule has 1 atom stereocenters. The number of ether oxygens (including phenoxy) is 2. The van der Waals surface area contributed by atoms with E-state index in [0.29, 0.717) is 12.3 Å². The van der Waals surface area contributed by atoms with Gasteiger partial charge in [0.05, 0.1) is 12.1 Å². The van der Waals surface area contributed by atoms with Gasteiger partial charge in [-0.1, -0.05) is 6.07 Å². The number of carbonyl (C=O) groups is 1. The first-order valence-electron chi connectivity index (χ1n) is 6.57. The first-order chi connectivity index (χ1) is 10.1. The van der Waals surface area contributed by atoms with Crippen LogP contribution in [0, 0.1) is 0 Å². The van der Waals surface area contributed by atoms with Crippen molar-refractivity contribution >= 4 is 5.97 Å². The molecule has 6 heteroatoms. The molecule has 21 heavy (non-hydrogen) atoms. The van der Waals surface area contributed by atoms with E-state index in [1.165, 1.54) is 12.3 Å². The molecule has 2 N–H and O–H groups in total. The Morgan fingerprint density at radius 3 is 2.90 bits per heavy atom. The highest BCUT2D eigenvalue weighted by Gasteiger charge is 2.16. The summed E-state index contributed by atoms with van der Waals surface area (Å²) in [5.41, 5.74) is 1.21. The fourth-order valence-electron chi connectivity index (χ4n) is 2.14. The largest absolute Gasteiger partial charge is 0.478 e. The zero-order valence-corrected chi connectivity index (χ0v) is 11.5. The zero-order chi connectivity index (χ0) is 14.8. The normalized spacial score (nSPS) is 14.1. The molecule has 0 fully saturated rings. The lowest BCUT2D eigenvalue weighted by Gasteiger charge is -2.13. The maximum absolute atomic E-state index is 10.8. The molecule has 0 radical (unpaired) electrons. The van der Waals surface area contributed by atoms with Crippen molar-refractivity contribution in [1.82, 2.24) is 5.32 Å². The first kappa shape index (κ1) is 13.5. The Bertz CT molecular complexity index is 664. The molecule has 1 aliphatic heterocycles. The molecule has 0 amide bonds. The van der Waals surface area contributed by atoms with Crippen LogP contribution in [-0.2, 0) is 6.54 Å². The number of fused-ring (bicyclic) bond motifs is 1. The van der Waals surface area contributed by atoms with E-state index < -0.39 is 5.97 Å². The predicted octanol–water partition coefficient (Wildman–Crippen LogP) is 2.56. The van der Waals surface area contributed by atoms with Crippen LogP contribution in [0.1, 0.15) is 34.6 Å². The lowest BCUT2D eigenvalue weighted by atomic mass is 10.1. The minimum Gasteiger partial charge on any atom is -0.478 e. The van der Waals surface area contributed by atoms with Gasteiger partial charge in [-0.25, -0.2) is 4.79 Å². The van der Waals surface area contributed by atoms with Gasteiger partial charge in [-0.15, -0.1) is 0 Å². The molecular weight excluding hydrogens is 274 g/mol. The molecular formula is C15H15NO5. The average molecular weight is 289 g/mol. The van der Waals surface area contributed by atoms with Gasteiger partial charge in [0.15, 0.2) is 11.5 Å². The van der Waals surface area contributed by atoms with Gasteiger partial charge in [0.25, 0.3) is 0 Å². The molecule has 2 heterocycles. The summed E-state index contributed by atoms with van der Waals surface area (Å²) in [6.45, 7) is 2.71. The quantitative estimate of drug-likeness (QED) is 0.880. The molecule has 1 aromatic heterocycles. The second-order valence-electron chi connectivity index (χ2n) is 4.82. The van der Waals surface area contributed by atoms with Crippen LogP contribution in [0.4, 0.5) is 0 Å². The van der Waals surface area contributed by atoms with E-state index in [2.05, 4.69) is 5.32 Å². The number of carboxylic acids is 1. The van der Waals surface area contributed by atoms with Gasteiger partial charge in [-0.3, -0.25) is 0 Å². The Morgan fingerprint density at radius 2 is 2.14 bits per heavy atom. The van der Waals surface area contributed by atoms with Crippen LogP contribution in [0.5, 0.6) is 11.5 Å². The van der Waals surface area contributed by atoms with E-state index >= 15 is 0 Å². The second-order valence-corrected chi connectivity index (χ2v) is 4.82. The number of rotatable bonds is 5. The summed E-state index contributed by atoms with van der Waals surface area (Å²) in [6.07, 6.45) is 1.24. The SMILES string of the molecule is CC(NCc1cc(C(=O)O)co1)c1ccc2c(c1)OCO2. The number of aromatic carboxylic acids is 1. The maximum atomic E-state index is 10.8. The van der Waals surface area contributed by atoms with Gasteiger partial charge >= 0.3 is 5.97 Å². The van der Waals surface area contributed by atoms with Crippen molar-refractivity contribution in [2.75, 3.05) is 6.79 Å². The summed E-state index contributed by atoms with van der Waals surface area (Å²) in [7, 11) is 0. The van der Waals surface area contributed by atoms with Gasteiger partial charge in [0.1, 0.15) is 12.0 Å². The Balaban J connectivity index is 1.63. The number of furan rings is 1. The Hall–Kier alpha value is -2.47. The fourth-order valence-corrected chi connectivity index (χ4v) is 2.14. The zero-order valence-electron chi connectivity index (χ0n) is 11.5. The summed E-state index contributed by atoms with van der Waals surface area (Å²) in [4.78, 5) is 10.8. The standard InChI is InChI=1S/C15H15NO5/c1-9(10-2-3-13-14(5-10)21-8-20-13)16-6-12-4-11(7-19-12)15(17)18/h2-5,7,9,16H,6,8H2,1H3,(H,17,18). The Kier molecular flexibility index (Phi) is 3.53. The molecule has 0 saturated carbocycles. The van der Waals surface area contributed by atoms with Gasteiger partial charge < -0.3 is 24.3 Å². The topological polar surface area (TPSA) is 80.9 Å². The third kappa shape index (κ3) is 2.85. The molecule has 0 spiro atoms. The van der Waals surface area contributed by atoms with Crippen molar-refractivity contribution in [3.8, 4) is 11.5 Å². The number of benzene rings is 1. The number of hydrogen-bond donors (Lipinski definition) is 2. The van der Waals surface area contributed by atoms with Crippen molar-refractivity contribution in [2.24, 2.45) is 0 Å². The van der Waals surface area contributed by atoms with Gasteiger partial charge in [0.2, 0.25) is 6.79 Å². The highest BCUT2D eigenvalue weighted by atomic mass is 16.7. The average Bonchev–Trinajstić information content (AvgIpc) is 3.12. The van der Waals surface area contributed by atoms with Crippen molar-refractivity contribution < 1.29 is 23.8 Å². The number of hydrogen-bond acceptors (Lipinski definition) is 5. The van der Waals surface area contributed by atoms with E-state index in [1.54, 1.807) is 0 Å². The molecule has 0 aliphatic carbocycles. The minimum atomic E-state index is -0.992. The number of nitrogens with one attached hydrogen (secondary N) is 1. The van der Waals surface area contributed by atoms with Crippen LogP contribution in [0.3, 0.4) is 0 Å². The summed E-state index contributed by atoms with van der Waals surface area (Å²) in [6, 6.07) is 7.37. The van der Waals surface area contributed by atoms with E-state index in [9.17, 15) is 4.79 Å². The second kappa shape index (κ2) is 5.49. The van der Waals surface area contributed by atoms with E-state index in [4.69, 9.17) is 19.0 Å². The molecule has 1 unspecified atom stereocenters. The molecule has 1 aromatic carbocycles. The molecule has 6 nitrogen and oxygen atoms in total. The van der Waals surface area contributed by atoms with Crippen molar-refractivity contribution in [3.63, 3.8) is 0 Å². The van der Waals surface area contributed by atoms with Crippen molar-refractivity contribution in [1.29, 1.82) is 0 Å². The molecule has 1 aliphatic rings. The van der Waals surface area contributed by atoms with Crippen molar-refractivity contribution in [3.05, 3.63) is 47.4 Å². The lowest BCUT2D eigenvalue weighted by Crippen LogP contribution is -2.17. The van der Waals surface area contributed by atoms with Gasteiger partial charge in [-0.05, 0) is 30.7 Å². The lowest BCUT2D eigenvalue weighted by molar-refractivity contribution is 0.0696. The van der Waals surface area contributed by atoms with E-state index in [0.717, 1.165) is 17.1 Å². The Labute approximate surface area is 121 Å². The van der Waals surface area contributed by atoms with Crippen LogP contribution in [0.25, 0.3) is 0 Å². The summed E-state index contributed by atoms with van der Waals surface area (Å²) in [5.74, 6) is 1.09. The molecule has 0 saturated heterocycles. The van der Waals surface area contributed by atoms with E-state index in [-0.39, 0.29) is 18.4 Å². The monoisotopic (exact) mass is 289 g/mol. The van der Waals surface area contributed by atoms with Crippen LogP contribution < -0.4 is 14.8 Å². The van der Waals surface area contributed by atoms with E-state index in [1.807, 2.05) is 25.1 Å². The van der Waals surface area contributed by atoms with Gasteiger partial charge in [0, 0.05) is 6.04 Å². The molecule has 2 aromatic rings. The maximum Gasteiger partial charge on any atom is 0.338 e. The van der Waals surface area contributed by atoms with Crippen LogP contribution in [0.15, 0.2) is 34.9 Å². The molecule has 3 rings (SSSR count). The minimum absolute atomic E-state index is 0.0675. The first-order valence-corrected chi connectivity index (χ1v) is 6.57. The Morgan fingerprint density at radius 1 is 1.33 bits per heavy atom. The third-order valence-corrected chi connectivity index (χ3v) is 3.38. The number of carboxylic acid groups (broad SMARTS) is 1. The highest BCUT2D eigenvalue weighted by molar-refractivity contribution is 5.87. The highest BCUT2D eigenvalue weighted by Crippen LogP contribution is 2.34. The summed E-state index contributed by atoms with van der Waals surface area (Å²) >= 11 is 0. The predicted molar refractivity (Wildman–Crippen MR) is 73.5 cm³/mol. The summed E-state index contributed by atoms with van der Waals surface area (Å²) < 4.78 is 15.8. The fraction of sp³-hybridized carbons (Fsp3) is 0.267. The van der Waals surface area contributed by atoms with Crippen LogP contribution in [-0.4, -0.2) is 17.9 Å². The molecule has 110 valence electrons. The smallest absolute Gasteiger partial charge is 0.338 e. The third-order valence-electron chi connectivity index (χ3n) is 3.38. The van der Waals surface area contributed by atoms with Crippen LogP contribution >= 0.6 is 0 Å². The summed E-state index contributed by atoms with van der Waals surface area (Å²) in [5, 5.41) is 12.1.